The predicted octanol–water partition coefficient (Wildman–Crippen LogP) is 4.29. The van der Waals surface area contributed by atoms with Crippen LogP contribution in [0.15, 0.2) is 59.1 Å². The molecule has 3 atom stereocenters. The Balaban J connectivity index is 1.64. The van der Waals surface area contributed by atoms with Crippen molar-refractivity contribution in [1.82, 2.24) is 9.80 Å². The number of rotatable bonds is 9. The SMILES string of the molecule is CS(=O)(=O)OC1C(Cc2ccccc2Br)OC(=O)N1C(CCN1CCSCC1)c1ccccc1. The van der Waals surface area contributed by atoms with Crippen LogP contribution in [0.25, 0.3) is 0 Å². The molecule has 0 aliphatic carbocycles. The minimum Gasteiger partial charge on any atom is -0.441 e. The van der Waals surface area contributed by atoms with Gasteiger partial charge in [0.05, 0.1) is 12.3 Å². The third-order valence-corrected chi connectivity index (χ3v) is 8.31. The highest BCUT2D eigenvalue weighted by molar-refractivity contribution is 9.10. The first kappa shape index (κ1) is 25.5. The molecule has 0 spiro atoms. The summed E-state index contributed by atoms with van der Waals surface area (Å²) in [6.45, 7) is 2.81. The first-order valence-corrected chi connectivity index (χ1v) is 15.0. The quantitative estimate of drug-likeness (QED) is 0.417. The summed E-state index contributed by atoms with van der Waals surface area (Å²) < 4.78 is 36.6. The molecule has 10 heteroatoms. The number of hydrogen-bond acceptors (Lipinski definition) is 7. The zero-order valence-electron chi connectivity index (χ0n) is 19.0. The number of benzene rings is 2. The Morgan fingerprint density at radius 1 is 1.12 bits per heavy atom. The van der Waals surface area contributed by atoms with Gasteiger partial charge in [-0.25, -0.2) is 8.98 Å². The fourth-order valence-corrected chi connectivity index (χ4v) is 6.42. The monoisotopic (exact) mass is 568 g/mol. The van der Waals surface area contributed by atoms with Gasteiger partial charge in [-0.05, 0) is 23.6 Å². The highest BCUT2D eigenvalue weighted by atomic mass is 79.9. The molecule has 2 heterocycles. The molecule has 3 unspecified atom stereocenters. The maximum absolute atomic E-state index is 13.2. The van der Waals surface area contributed by atoms with Crippen molar-refractivity contribution >= 4 is 43.9 Å². The van der Waals surface area contributed by atoms with Gasteiger partial charge in [0.15, 0.2) is 12.3 Å². The van der Waals surface area contributed by atoms with Crippen molar-refractivity contribution in [3.8, 4) is 0 Å². The lowest BCUT2D eigenvalue weighted by molar-refractivity contribution is 0.0213. The van der Waals surface area contributed by atoms with Crippen LogP contribution in [-0.2, 0) is 25.5 Å². The summed E-state index contributed by atoms with van der Waals surface area (Å²) >= 11 is 5.48. The number of cyclic esters (lactones) is 1. The smallest absolute Gasteiger partial charge is 0.412 e. The molecule has 0 aromatic heterocycles. The van der Waals surface area contributed by atoms with Crippen molar-refractivity contribution in [1.29, 1.82) is 0 Å². The molecule has 0 N–H and O–H groups in total. The Hall–Kier alpha value is -1.59. The molecule has 2 aliphatic rings. The standard InChI is InChI=1S/C24H29BrN2O5S2/c1-34(29,30)32-23-22(17-19-9-5-6-10-20(19)25)31-24(28)27(23)21(18-7-3-2-4-8-18)11-12-26-13-15-33-16-14-26/h2-10,21-23H,11-17H2,1H3. The van der Waals surface area contributed by atoms with E-state index in [-0.39, 0.29) is 6.04 Å². The first-order chi connectivity index (χ1) is 16.3. The van der Waals surface area contributed by atoms with Crippen LogP contribution in [0.5, 0.6) is 0 Å². The number of hydrogen-bond donors (Lipinski definition) is 0. The highest BCUT2D eigenvalue weighted by Crippen LogP contribution is 2.36. The number of amides is 1. The molecule has 34 heavy (non-hydrogen) atoms. The topological polar surface area (TPSA) is 76.2 Å². The van der Waals surface area contributed by atoms with E-state index in [0.717, 1.165) is 53.0 Å². The van der Waals surface area contributed by atoms with Crippen LogP contribution >= 0.6 is 27.7 Å². The summed E-state index contributed by atoms with van der Waals surface area (Å²) in [6.07, 6.45) is -0.403. The third-order valence-electron chi connectivity index (χ3n) is 6.05. The van der Waals surface area contributed by atoms with E-state index in [9.17, 15) is 13.2 Å². The number of ether oxygens (including phenoxy) is 1. The second-order valence-electron chi connectivity index (χ2n) is 8.49. The molecular weight excluding hydrogens is 540 g/mol. The van der Waals surface area contributed by atoms with Gasteiger partial charge in [0, 0.05) is 42.0 Å². The van der Waals surface area contributed by atoms with Crippen LogP contribution in [0.2, 0.25) is 0 Å². The number of thioether (sulfide) groups is 1. The summed E-state index contributed by atoms with van der Waals surface area (Å²) in [5, 5.41) is 0. The van der Waals surface area contributed by atoms with E-state index in [1.807, 2.05) is 66.4 Å². The largest absolute Gasteiger partial charge is 0.441 e. The van der Waals surface area contributed by atoms with E-state index in [1.54, 1.807) is 0 Å². The minimum absolute atomic E-state index is 0.328. The van der Waals surface area contributed by atoms with Gasteiger partial charge in [0.2, 0.25) is 0 Å². The van der Waals surface area contributed by atoms with Crippen molar-refractivity contribution in [2.45, 2.75) is 31.2 Å². The van der Waals surface area contributed by atoms with Crippen LogP contribution in [0.4, 0.5) is 4.79 Å². The van der Waals surface area contributed by atoms with Crippen molar-refractivity contribution in [3.05, 3.63) is 70.2 Å². The highest BCUT2D eigenvalue weighted by Gasteiger charge is 2.48. The lowest BCUT2D eigenvalue weighted by Crippen LogP contribution is -2.44. The Labute approximate surface area is 214 Å². The Morgan fingerprint density at radius 3 is 2.47 bits per heavy atom. The van der Waals surface area contributed by atoms with E-state index in [1.165, 1.54) is 4.90 Å². The summed E-state index contributed by atoms with van der Waals surface area (Å²) in [7, 11) is -3.85. The normalized spacial score (nSPS) is 22.5. The lowest BCUT2D eigenvalue weighted by Gasteiger charge is -2.34. The van der Waals surface area contributed by atoms with Crippen LogP contribution in [0.3, 0.4) is 0 Å². The van der Waals surface area contributed by atoms with Crippen LogP contribution < -0.4 is 0 Å². The molecule has 1 amide bonds. The average molecular weight is 570 g/mol. The minimum atomic E-state index is -3.85. The molecule has 2 fully saturated rings. The van der Waals surface area contributed by atoms with Crippen molar-refractivity contribution in [3.63, 3.8) is 0 Å². The first-order valence-electron chi connectivity index (χ1n) is 11.3. The van der Waals surface area contributed by atoms with Crippen LogP contribution in [-0.4, -0.2) is 74.0 Å². The molecule has 0 saturated carbocycles. The molecule has 0 radical (unpaired) electrons. The van der Waals surface area contributed by atoms with E-state index in [2.05, 4.69) is 20.8 Å². The maximum atomic E-state index is 13.2. The molecule has 2 saturated heterocycles. The van der Waals surface area contributed by atoms with Crippen molar-refractivity contribution < 1.29 is 22.1 Å². The maximum Gasteiger partial charge on any atom is 0.412 e. The van der Waals surface area contributed by atoms with Crippen LogP contribution in [0, 0.1) is 0 Å². The zero-order chi connectivity index (χ0) is 24.1. The third kappa shape index (κ3) is 6.54. The Morgan fingerprint density at radius 2 is 1.79 bits per heavy atom. The molecule has 7 nitrogen and oxygen atoms in total. The molecule has 2 aromatic carbocycles. The van der Waals surface area contributed by atoms with Gasteiger partial charge >= 0.3 is 6.09 Å². The van der Waals surface area contributed by atoms with Gasteiger partial charge in [-0.3, -0.25) is 4.90 Å². The molecular formula is C24H29BrN2O5S2. The second-order valence-corrected chi connectivity index (χ2v) is 12.2. The molecule has 184 valence electrons. The number of halogens is 1. The zero-order valence-corrected chi connectivity index (χ0v) is 22.2. The summed E-state index contributed by atoms with van der Waals surface area (Å²) in [6, 6.07) is 16.9. The molecule has 0 bridgehead atoms. The van der Waals surface area contributed by atoms with Gasteiger partial charge < -0.3 is 9.64 Å². The fourth-order valence-electron chi connectivity index (χ4n) is 4.42. The Kier molecular flexibility index (Phi) is 8.57. The van der Waals surface area contributed by atoms with Gasteiger partial charge in [0.1, 0.15) is 0 Å². The predicted molar refractivity (Wildman–Crippen MR) is 137 cm³/mol. The molecule has 2 aliphatic heterocycles. The lowest BCUT2D eigenvalue weighted by atomic mass is 10.0. The number of nitrogens with zero attached hydrogens (tertiary/aromatic N) is 2. The van der Waals surface area contributed by atoms with Crippen molar-refractivity contribution in [2.24, 2.45) is 0 Å². The molecule has 4 rings (SSSR count). The number of carbonyl (C=O) groups is 1. The van der Waals surface area contributed by atoms with Gasteiger partial charge in [-0.15, -0.1) is 0 Å². The van der Waals surface area contributed by atoms with E-state index in [0.29, 0.717) is 12.8 Å². The fraction of sp³-hybridized carbons (Fsp3) is 0.458. The van der Waals surface area contributed by atoms with E-state index < -0.39 is 28.5 Å². The van der Waals surface area contributed by atoms with E-state index in [4.69, 9.17) is 8.92 Å². The van der Waals surface area contributed by atoms with Gasteiger partial charge in [-0.1, -0.05) is 64.5 Å². The van der Waals surface area contributed by atoms with Gasteiger partial charge in [0.25, 0.3) is 10.1 Å². The Bertz CT molecular complexity index is 1080. The molecule has 2 aromatic rings. The van der Waals surface area contributed by atoms with Crippen LogP contribution in [0.1, 0.15) is 23.6 Å². The van der Waals surface area contributed by atoms with Crippen molar-refractivity contribution in [2.75, 3.05) is 37.4 Å². The van der Waals surface area contributed by atoms with Gasteiger partial charge in [-0.2, -0.15) is 20.2 Å². The summed E-state index contributed by atoms with van der Waals surface area (Å²) in [5.41, 5.74) is 1.83. The second kappa shape index (κ2) is 11.4. The number of carbonyl (C=O) groups excluding carboxylic acids is 1. The average Bonchev–Trinajstić information content (AvgIpc) is 3.10. The summed E-state index contributed by atoms with van der Waals surface area (Å²) in [4.78, 5) is 17.1. The van der Waals surface area contributed by atoms with E-state index >= 15 is 0 Å². The summed E-state index contributed by atoms with van der Waals surface area (Å²) in [5.74, 6) is 2.19.